The first kappa shape index (κ1) is 48.2. The lowest BCUT2D eigenvalue weighted by atomic mass is 9.86. The Hall–Kier alpha value is -4.79. The van der Waals surface area contributed by atoms with Crippen LogP contribution in [0.2, 0.25) is 0 Å². The minimum absolute atomic E-state index is 0.146. The molecule has 4 aromatic rings. The average molecular weight is 880 g/mol. The van der Waals surface area contributed by atoms with E-state index in [-0.39, 0.29) is 36.0 Å². The first-order valence-electron chi connectivity index (χ1n) is 25.1. The Bertz CT molecular complexity index is 1970. The molecule has 3 saturated heterocycles. The predicted octanol–water partition coefficient (Wildman–Crippen LogP) is 10.5. The minimum atomic E-state index is 0.146. The van der Waals surface area contributed by atoms with Crippen LogP contribution >= 0.6 is 0 Å². The maximum atomic E-state index is 13.4. The second-order valence-electron chi connectivity index (χ2n) is 20.1. The zero-order chi connectivity index (χ0) is 45.7. The largest absolute Gasteiger partial charge is 0.343 e. The van der Waals surface area contributed by atoms with Gasteiger partial charge in [-0.3, -0.25) is 24.2 Å². The summed E-state index contributed by atoms with van der Waals surface area (Å²) in [4.78, 5) is 49.8. The molecule has 65 heavy (non-hydrogen) atoms. The maximum Gasteiger partial charge on any atom is 0.223 e. The molecule has 3 aliphatic heterocycles. The molecule has 8 nitrogen and oxygen atoms in total. The van der Waals surface area contributed by atoms with E-state index in [4.69, 9.17) is 0 Å². The van der Waals surface area contributed by atoms with Crippen molar-refractivity contribution in [2.45, 2.75) is 117 Å². The summed E-state index contributed by atoms with van der Waals surface area (Å²) < 4.78 is 0. The van der Waals surface area contributed by atoms with E-state index in [1.54, 1.807) is 6.92 Å². The van der Waals surface area contributed by atoms with Gasteiger partial charge >= 0.3 is 0 Å². The number of benzene rings is 4. The van der Waals surface area contributed by atoms with Gasteiger partial charge in [-0.25, -0.2) is 0 Å². The number of hydrogen-bond acceptors (Lipinski definition) is 5. The van der Waals surface area contributed by atoms with E-state index in [1.165, 1.54) is 54.4 Å². The molecule has 0 bridgehead atoms. The van der Waals surface area contributed by atoms with Crippen molar-refractivity contribution in [2.24, 2.45) is 23.7 Å². The zero-order valence-electron chi connectivity index (χ0n) is 40.1. The fourth-order valence-corrected chi connectivity index (χ4v) is 11.2. The van der Waals surface area contributed by atoms with Gasteiger partial charge in [-0.15, -0.1) is 0 Å². The van der Waals surface area contributed by atoms with Gasteiger partial charge in [-0.1, -0.05) is 168 Å². The number of piperazine rings is 2. The van der Waals surface area contributed by atoms with Gasteiger partial charge in [0.05, 0.1) is 12.1 Å². The monoisotopic (exact) mass is 880 g/mol. The number of carbonyl (C=O) groups is 3. The number of hydrogen-bond donors (Lipinski definition) is 0. The summed E-state index contributed by atoms with van der Waals surface area (Å²) in [5, 5.41) is 0. The Labute approximate surface area is 391 Å². The Morgan fingerprint density at radius 3 is 1.12 bits per heavy atom. The molecule has 0 unspecified atom stereocenters. The summed E-state index contributed by atoms with van der Waals surface area (Å²) in [5.41, 5.74) is 5.26. The maximum absolute atomic E-state index is 13.4. The highest BCUT2D eigenvalue weighted by Gasteiger charge is 2.38. The fourth-order valence-electron chi connectivity index (χ4n) is 11.2. The first-order chi connectivity index (χ1) is 31.6. The molecule has 1 aliphatic carbocycles. The third-order valence-electron chi connectivity index (χ3n) is 15.0. The van der Waals surface area contributed by atoms with Gasteiger partial charge in [0.2, 0.25) is 17.7 Å². The van der Waals surface area contributed by atoms with Crippen molar-refractivity contribution in [3.8, 4) is 0 Å². The van der Waals surface area contributed by atoms with Gasteiger partial charge < -0.3 is 14.7 Å². The standard InChI is InChI=1S/C29H39N3O2.C28H38N2O/c1-22(2)27-21-31(29(25-10-6-4-7-11-25)26-12-8-5-9-13-26)18-19-32(27)28(34)20-24-14-16-30(17-15-24)23(3)33;1-22(2)26-21-29(18-19-30(26)27(31)20-23-12-6-3-7-13-23)28(24-14-8-4-9-15-24)25-16-10-5-11-17-25/h4-13,22,24,27,29H,14-21H2,1-3H3;4-5,8-11,14-17,22-23,26,28H,3,6-7,12-13,18-21H2,1-2H3/t27-;26-/m11/s1. The molecule has 348 valence electrons. The fraction of sp³-hybridized carbons (Fsp3) is 0.526. The second-order valence-corrected chi connectivity index (χ2v) is 20.1. The van der Waals surface area contributed by atoms with Crippen LogP contribution in [0.3, 0.4) is 0 Å². The third kappa shape index (κ3) is 12.8. The van der Waals surface area contributed by atoms with Crippen molar-refractivity contribution < 1.29 is 14.4 Å². The smallest absolute Gasteiger partial charge is 0.223 e. The normalized spacial score (nSPS) is 20.6. The molecular formula is C57H77N5O3. The molecule has 0 radical (unpaired) electrons. The van der Waals surface area contributed by atoms with Crippen LogP contribution in [0.4, 0.5) is 0 Å². The van der Waals surface area contributed by atoms with E-state index in [2.05, 4.69) is 169 Å². The van der Waals surface area contributed by atoms with Crippen LogP contribution < -0.4 is 0 Å². The number of likely N-dealkylation sites (tertiary alicyclic amines) is 1. The molecule has 3 heterocycles. The Balaban J connectivity index is 0.000000195. The molecule has 0 spiro atoms. The minimum Gasteiger partial charge on any atom is -0.343 e. The summed E-state index contributed by atoms with van der Waals surface area (Å²) in [5.74, 6) is 2.65. The lowest BCUT2D eigenvalue weighted by Gasteiger charge is -2.47. The quantitative estimate of drug-likeness (QED) is 0.142. The average Bonchev–Trinajstić information content (AvgIpc) is 3.33. The molecule has 4 aliphatic rings. The van der Waals surface area contributed by atoms with Gasteiger partial charge in [-0.05, 0) is 71.6 Å². The molecule has 1 saturated carbocycles. The highest BCUT2D eigenvalue weighted by atomic mass is 16.2. The van der Waals surface area contributed by atoms with Crippen LogP contribution in [0.25, 0.3) is 0 Å². The molecule has 0 aromatic heterocycles. The van der Waals surface area contributed by atoms with Gasteiger partial charge in [0.15, 0.2) is 0 Å². The second kappa shape index (κ2) is 23.6. The van der Waals surface area contributed by atoms with Gasteiger partial charge in [0.1, 0.15) is 0 Å². The van der Waals surface area contributed by atoms with E-state index in [1.807, 2.05) is 4.90 Å². The SMILES string of the molecule is CC(=O)N1CCC(CC(=O)N2CCN(C(c3ccccc3)c3ccccc3)C[C@@H]2C(C)C)CC1.CC(C)[C@H]1CN(C(c2ccccc2)c2ccccc2)CCN1C(=O)CC1CCCCC1. The van der Waals surface area contributed by atoms with E-state index in [0.717, 1.165) is 71.6 Å². The predicted molar refractivity (Wildman–Crippen MR) is 264 cm³/mol. The Kier molecular flexibility index (Phi) is 17.5. The first-order valence-corrected chi connectivity index (χ1v) is 25.1. The molecule has 4 aromatic carbocycles. The number of carbonyl (C=O) groups excluding carboxylic acids is 3. The summed E-state index contributed by atoms with van der Waals surface area (Å²) in [6, 6.07) is 44.0. The van der Waals surface area contributed by atoms with Crippen LogP contribution in [0.1, 0.15) is 127 Å². The van der Waals surface area contributed by atoms with Crippen molar-refractivity contribution >= 4 is 17.7 Å². The number of nitrogens with zero attached hydrogens (tertiary/aromatic N) is 5. The third-order valence-corrected chi connectivity index (χ3v) is 15.0. The molecule has 0 N–H and O–H groups in total. The van der Waals surface area contributed by atoms with Crippen LogP contribution in [0.15, 0.2) is 121 Å². The molecule has 4 fully saturated rings. The lowest BCUT2D eigenvalue weighted by molar-refractivity contribution is -0.140. The molecular weight excluding hydrogens is 803 g/mol. The van der Waals surface area contributed by atoms with Crippen molar-refractivity contribution in [1.29, 1.82) is 0 Å². The summed E-state index contributed by atoms with van der Waals surface area (Å²) in [6.45, 7) is 17.4. The van der Waals surface area contributed by atoms with E-state index >= 15 is 0 Å². The van der Waals surface area contributed by atoms with Crippen molar-refractivity contribution in [1.82, 2.24) is 24.5 Å². The summed E-state index contributed by atoms with van der Waals surface area (Å²) >= 11 is 0. The van der Waals surface area contributed by atoms with Crippen LogP contribution in [0, 0.1) is 23.7 Å². The molecule has 8 rings (SSSR count). The number of piperidine rings is 1. The zero-order valence-corrected chi connectivity index (χ0v) is 40.1. The molecule has 2 atom stereocenters. The van der Waals surface area contributed by atoms with Gasteiger partial charge in [0, 0.05) is 84.2 Å². The van der Waals surface area contributed by atoms with E-state index in [9.17, 15) is 14.4 Å². The van der Waals surface area contributed by atoms with E-state index in [0.29, 0.717) is 36.0 Å². The van der Waals surface area contributed by atoms with Crippen LogP contribution in [-0.4, -0.2) is 107 Å². The number of amides is 3. The van der Waals surface area contributed by atoms with Crippen molar-refractivity contribution in [3.05, 3.63) is 144 Å². The van der Waals surface area contributed by atoms with Gasteiger partial charge in [0.25, 0.3) is 0 Å². The number of rotatable bonds is 12. The summed E-state index contributed by atoms with van der Waals surface area (Å²) in [7, 11) is 0. The lowest BCUT2D eigenvalue weighted by Crippen LogP contribution is -2.58. The van der Waals surface area contributed by atoms with Crippen molar-refractivity contribution in [2.75, 3.05) is 52.4 Å². The molecule has 3 amide bonds. The topological polar surface area (TPSA) is 67.4 Å². The van der Waals surface area contributed by atoms with Crippen molar-refractivity contribution in [3.63, 3.8) is 0 Å². The summed E-state index contributed by atoms with van der Waals surface area (Å²) in [6.07, 6.45) is 9.65. The highest BCUT2D eigenvalue weighted by Crippen LogP contribution is 2.35. The molecule has 8 heteroatoms. The Morgan fingerprint density at radius 1 is 0.462 bits per heavy atom. The van der Waals surface area contributed by atoms with Crippen LogP contribution in [0.5, 0.6) is 0 Å². The Morgan fingerprint density at radius 2 is 0.800 bits per heavy atom. The van der Waals surface area contributed by atoms with E-state index < -0.39 is 0 Å². The van der Waals surface area contributed by atoms with Crippen LogP contribution in [-0.2, 0) is 14.4 Å². The highest BCUT2D eigenvalue weighted by molar-refractivity contribution is 5.78. The van der Waals surface area contributed by atoms with Gasteiger partial charge in [-0.2, -0.15) is 0 Å².